The fraction of sp³-hybridized carbons (Fsp3) is 0.357. The Balaban J connectivity index is 2.25. The van der Waals surface area contributed by atoms with Gasteiger partial charge in [-0.2, -0.15) is 0 Å². The van der Waals surface area contributed by atoms with Gasteiger partial charge in [-0.25, -0.2) is 4.98 Å². The second-order valence-corrected chi connectivity index (χ2v) is 5.79. The predicted molar refractivity (Wildman–Crippen MR) is 80.1 cm³/mol. The van der Waals surface area contributed by atoms with E-state index in [2.05, 4.69) is 4.98 Å². The Morgan fingerprint density at radius 1 is 1.35 bits per heavy atom. The summed E-state index contributed by atoms with van der Waals surface area (Å²) in [5.41, 5.74) is 1.55. The first-order valence-electron chi connectivity index (χ1n) is 6.05. The molecular formula is C14H16ClNO3S. The van der Waals surface area contributed by atoms with Crippen LogP contribution >= 0.6 is 22.9 Å². The van der Waals surface area contributed by atoms with Crippen LogP contribution in [0.4, 0.5) is 0 Å². The lowest BCUT2D eigenvalue weighted by Crippen LogP contribution is -2.03. The van der Waals surface area contributed by atoms with Crippen LogP contribution in [0.25, 0.3) is 0 Å². The Bertz CT molecular complexity index is 600. The molecule has 108 valence electrons. The van der Waals surface area contributed by atoms with Gasteiger partial charge in [-0.3, -0.25) is 0 Å². The zero-order chi connectivity index (χ0) is 14.7. The number of methoxy groups -OCH3 is 2. The van der Waals surface area contributed by atoms with Crippen LogP contribution in [0.3, 0.4) is 0 Å². The molecule has 6 heteroatoms. The third kappa shape index (κ3) is 3.23. The monoisotopic (exact) mass is 313 g/mol. The standard InChI is InChI=1S/C14H16ClNO3S/c1-8-16-10(7-20-8)6-12(17)9-4-11(15)14(19-3)13(5-9)18-2/h4-5,7,12,17H,6H2,1-3H3. The maximum atomic E-state index is 10.3. The van der Waals surface area contributed by atoms with Crippen LogP contribution in [0.5, 0.6) is 11.5 Å². The molecule has 2 rings (SSSR count). The summed E-state index contributed by atoms with van der Waals surface area (Å²) in [6.07, 6.45) is -0.246. The van der Waals surface area contributed by atoms with Gasteiger partial charge in [0, 0.05) is 11.8 Å². The van der Waals surface area contributed by atoms with Gasteiger partial charge in [-0.05, 0) is 24.6 Å². The number of halogens is 1. The SMILES string of the molecule is COc1cc(C(O)Cc2csc(C)n2)cc(Cl)c1OC. The summed E-state index contributed by atoms with van der Waals surface area (Å²) in [6.45, 7) is 1.94. The second-order valence-electron chi connectivity index (χ2n) is 4.32. The number of aliphatic hydroxyl groups excluding tert-OH is 1. The Morgan fingerprint density at radius 2 is 2.10 bits per heavy atom. The van der Waals surface area contributed by atoms with Gasteiger partial charge < -0.3 is 14.6 Å². The maximum absolute atomic E-state index is 10.3. The van der Waals surface area contributed by atoms with Crippen molar-refractivity contribution in [3.63, 3.8) is 0 Å². The van der Waals surface area contributed by atoms with E-state index in [9.17, 15) is 5.11 Å². The van der Waals surface area contributed by atoms with Gasteiger partial charge in [-0.15, -0.1) is 11.3 Å². The Labute approximate surface area is 126 Å². The molecule has 1 heterocycles. The quantitative estimate of drug-likeness (QED) is 0.919. The lowest BCUT2D eigenvalue weighted by molar-refractivity contribution is 0.177. The van der Waals surface area contributed by atoms with Crippen LogP contribution in [-0.2, 0) is 6.42 Å². The normalized spacial score (nSPS) is 12.2. The number of hydrogen-bond acceptors (Lipinski definition) is 5. The average molecular weight is 314 g/mol. The molecule has 1 atom stereocenters. The molecule has 1 aromatic carbocycles. The number of ether oxygens (including phenoxy) is 2. The molecule has 1 unspecified atom stereocenters. The van der Waals surface area contributed by atoms with Crippen LogP contribution in [0.2, 0.25) is 5.02 Å². The minimum Gasteiger partial charge on any atom is -0.493 e. The molecular weight excluding hydrogens is 298 g/mol. The summed E-state index contributed by atoms with van der Waals surface area (Å²) in [6, 6.07) is 3.42. The van der Waals surface area contributed by atoms with Crippen molar-refractivity contribution in [3.8, 4) is 11.5 Å². The maximum Gasteiger partial charge on any atom is 0.179 e. The molecule has 0 saturated carbocycles. The van der Waals surface area contributed by atoms with Gasteiger partial charge in [0.05, 0.1) is 36.0 Å². The van der Waals surface area contributed by atoms with E-state index in [-0.39, 0.29) is 0 Å². The second kappa shape index (κ2) is 6.43. The molecule has 0 spiro atoms. The molecule has 4 nitrogen and oxygen atoms in total. The topological polar surface area (TPSA) is 51.6 Å². The molecule has 0 aliphatic heterocycles. The fourth-order valence-electron chi connectivity index (χ4n) is 1.95. The first-order valence-corrected chi connectivity index (χ1v) is 7.31. The first kappa shape index (κ1) is 15.1. The lowest BCUT2D eigenvalue weighted by atomic mass is 10.0. The van der Waals surface area contributed by atoms with Gasteiger partial charge in [0.2, 0.25) is 0 Å². The summed E-state index contributed by atoms with van der Waals surface area (Å²) in [5.74, 6) is 0.970. The Hall–Kier alpha value is -1.30. The third-order valence-corrected chi connectivity index (χ3v) is 4.01. The fourth-order valence-corrected chi connectivity index (χ4v) is 2.87. The molecule has 0 aliphatic rings. The van der Waals surface area contributed by atoms with Gasteiger partial charge in [0.25, 0.3) is 0 Å². The summed E-state index contributed by atoms with van der Waals surface area (Å²) in [5, 5.41) is 13.6. The van der Waals surface area contributed by atoms with E-state index in [1.807, 2.05) is 12.3 Å². The highest BCUT2D eigenvalue weighted by atomic mass is 35.5. The van der Waals surface area contributed by atoms with E-state index < -0.39 is 6.10 Å². The molecule has 0 aliphatic carbocycles. The minimum atomic E-state index is -0.686. The smallest absolute Gasteiger partial charge is 0.179 e. The molecule has 20 heavy (non-hydrogen) atoms. The number of rotatable bonds is 5. The number of benzene rings is 1. The Kier molecular flexibility index (Phi) is 4.86. The molecule has 0 amide bonds. The zero-order valence-electron chi connectivity index (χ0n) is 11.5. The molecule has 0 bridgehead atoms. The van der Waals surface area contributed by atoms with Crippen LogP contribution in [0, 0.1) is 6.92 Å². The number of nitrogens with zero attached hydrogens (tertiary/aromatic N) is 1. The third-order valence-electron chi connectivity index (χ3n) is 2.91. The largest absolute Gasteiger partial charge is 0.493 e. The van der Waals surface area contributed by atoms with Crippen LogP contribution in [-0.4, -0.2) is 24.3 Å². The van der Waals surface area contributed by atoms with E-state index in [4.69, 9.17) is 21.1 Å². The highest BCUT2D eigenvalue weighted by Crippen LogP contribution is 2.38. The zero-order valence-corrected chi connectivity index (χ0v) is 13.1. The van der Waals surface area contributed by atoms with Gasteiger partial charge >= 0.3 is 0 Å². The van der Waals surface area contributed by atoms with Gasteiger partial charge in [0.15, 0.2) is 11.5 Å². The Morgan fingerprint density at radius 3 is 2.65 bits per heavy atom. The van der Waals surface area contributed by atoms with E-state index in [0.29, 0.717) is 28.5 Å². The van der Waals surface area contributed by atoms with Crippen LogP contribution in [0.1, 0.15) is 22.4 Å². The summed E-state index contributed by atoms with van der Waals surface area (Å²) in [4.78, 5) is 4.34. The summed E-state index contributed by atoms with van der Waals surface area (Å²) >= 11 is 7.70. The van der Waals surface area contributed by atoms with Crippen molar-refractivity contribution in [1.29, 1.82) is 0 Å². The van der Waals surface area contributed by atoms with Crippen molar-refractivity contribution < 1.29 is 14.6 Å². The molecule has 0 saturated heterocycles. The van der Waals surface area contributed by atoms with Crippen molar-refractivity contribution >= 4 is 22.9 Å². The van der Waals surface area contributed by atoms with Crippen molar-refractivity contribution in [2.75, 3.05) is 14.2 Å². The highest BCUT2D eigenvalue weighted by Gasteiger charge is 2.17. The van der Waals surface area contributed by atoms with Crippen molar-refractivity contribution in [2.45, 2.75) is 19.4 Å². The van der Waals surface area contributed by atoms with E-state index in [1.165, 1.54) is 14.2 Å². The molecule has 1 N–H and O–H groups in total. The number of aliphatic hydroxyl groups is 1. The molecule has 0 radical (unpaired) electrons. The number of thiazole rings is 1. The van der Waals surface area contributed by atoms with Crippen molar-refractivity contribution in [3.05, 3.63) is 38.8 Å². The van der Waals surface area contributed by atoms with Crippen molar-refractivity contribution in [2.24, 2.45) is 0 Å². The van der Waals surface area contributed by atoms with Gasteiger partial charge in [-0.1, -0.05) is 11.6 Å². The average Bonchev–Trinajstić information content (AvgIpc) is 2.82. The molecule has 1 aromatic heterocycles. The highest BCUT2D eigenvalue weighted by molar-refractivity contribution is 7.09. The summed E-state index contributed by atoms with van der Waals surface area (Å²) in [7, 11) is 3.06. The minimum absolute atomic E-state index is 0.412. The predicted octanol–water partition coefficient (Wildman–Crippen LogP) is 3.40. The van der Waals surface area contributed by atoms with E-state index >= 15 is 0 Å². The van der Waals surface area contributed by atoms with Gasteiger partial charge in [0.1, 0.15) is 0 Å². The number of aryl methyl sites for hydroxylation is 1. The first-order chi connectivity index (χ1) is 9.55. The summed E-state index contributed by atoms with van der Waals surface area (Å²) < 4.78 is 10.4. The van der Waals surface area contributed by atoms with E-state index in [0.717, 1.165) is 10.7 Å². The van der Waals surface area contributed by atoms with Crippen LogP contribution in [0.15, 0.2) is 17.5 Å². The lowest BCUT2D eigenvalue weighted by Gasteiger charge is -2.15. The molecule has 0 fully saturated rings. The van der Waals surface area contributed by atoms with Crippen LogP contribution < -0.4 is 9.47 Å². The van der Waals surface area contributed by atoms with Crippen molar-refractivity contribution in [1.82, 2.24) is 4.98 Å². The van der Waals surface area contributed by atoms with E-state index in [1.54, 1.807) is 23.5 Å². The molecule has 2 aromatic rings. The number of hydrogen-bond donors (Lipinski definition) is 1. The number of aromatic nitrogens is 1.